The number of hydrogen-bond acceptors (Lipinski definition) is 5. The van der Waals surface area contributed by atoms with Crippen LogP contribution in [-0.4, -0.2) is 28.9 Å². The van der Waals surface area contributed by atoms with E-state index in [-0.39, 0.29) is 17.2 Å². The Kier molecular flexibility index (Phi) is 7.40. The molecule has 1 fully saturated rings. The van der Waals surface area contributed by atoms with Gasteiger partial charge in [-0.1, -0.05) is 0 Å². The van der Waals surface area contributed by atoms with Crippen molar-refractivity contribution in [2.75, 3.05) is 0 Å². The molecule has 0 spiro atoms. The summed E-state index contributed by atoms with van der Waals surface area (Å²) < 4.78 is 41.9. The summed E-state index contributed by atoms with van der Waals surface area (Å²) in [6.07, 6.45) is 3.85. The summed E-state index contributed by atoms with van der Waals surface area (Å²) in [5, 5.41) is 13.1. The first-order valence-corrected chi connectivity index (χ1v) is 15.4. The average molecular weight is 585 g/mol. The van der Waals surface area contributed by atoms with Crippen molar-refractivity contribution in [1.29, 1.82) is 0 Å². The van der Waals surface area contributed by atoms with Crippen molar-refractivity contribution in [2.24, 2.45) is 4.76 Å². The van der Waals surface area contributed by atoms with E-state index in [0.717, 1.165) is 15.9 Å². The molecule has 4 aromatic carbocycles. The maximum absolute atomic E-state index is 13.1. The molecular weight excluding hydrogens is 557 g/mol. The summed E-state index contributed by atoms with van der Waals surface area (Å²) in [5.41, 5.74) is -0.150. The summed E-state index contributed by atoms with van der Waals surface area (Å²) in [7, 11) is -2.90. The molecule has 0 amide bonds. The number of carboxylic acid groups (broad SMARTS) is 1. The van der Waals surface area contributed by atoms with E-state index in [4.69, 9.17) is 9.18 Å². The van der Waals surface area contributed by atoms with Gasteiger partial charge in [0.25, 0.3) is 0 Å². The van der Waals surface area contributed by atoms with E-state index in [1.165, 1.54) is 24.5 Å². The van der Waals surface area contributed by atoms with Crippen LogP contribution in [-0.2, 0) is 10.2 Å². The molecule has 5 aromatic rings. The fraction of sp³-hybridized carbons (Fsp3) is 0.121. The van der Waals surface area contributed by atoms with Gasteiger partial charge in [-0.3, -0.25) is 0 Å². The minimum absolute atomic E-state index is 0.161. The fourth-order valence-corrected chi connectivity index (χ4v) is 9.16. The van der Waals surface area contributed by atoms with Crippen LogP contribution in [0.4, 0.5) is 8.78 Å². The molecule has 0 unspecified atom stereocenters. The third-order valence-corrected chi connectivity index (χ3v) is 11.6. The summed E-state index contributed by atoms with van der Waals surface area (Å²) >= 11 is 0. The number of ether oxygens (including phenoxy) is 1. The Labute approximate surface area is 241 Å². The second-order valence-corrected chi connectivity index (χ2v) is 13.5. The third-order valence-electron chi connectivity index (χ3n) is 7.60. The summed E-state index contributed by atoms with van der Waals surface area (Å²) in [4.78, 5) is 16.6. The van der Waals surface area contributed by atoms with E-state index in [9.17, 15) is 18.7 Å². The zero-order chi connectivity index (χ0) is 29.2. The molecule has 1 aromatic heterocycles. The Hall–Kier alpha value is -4.68. The number of aliphatic carboxylic acids is 1. The molecule has 0 aliphatic heterocycles. The second-order valence-electron chi connectivity index (χ2n) is 10.1. The van der Waals surface area contributed by atoms with Gasteiger partial charge >= 0.3 is 242 Å². The van der Waals surface area contributed by atoms with Crippen molar-refractivity contribution < 1.29 is 27.8 Å². The van der Waals surface area contributed by atoms with E-state index in [0.29, 0.717) is 24.1 Å². The van der Waals surface area contributed by atoms with Gasteiger partial charge in [-0.15, -0.1) is 0 Å². The normalized spacial score (nSPS) is 14.6. The quantitative estimate of drug-likeness (QED) is 0.158. The zero-order valence-corrected chi connectivity index (χ0v) is 23.4. The van der Waals surface area contributed by atoms with E-state index in [2.05, 4.69) is 46.1 Å². The van der Waals surface area contributed by atoms with Gasteiger partial charge in [0.1, 0.15) is 0 Å². The summed E-state index contributed by atoms with van der Waals surface area (Å²) in [5.74, 6) is -1.02. The maximum atomic E-state index is 13.1. The molecule has 0 bridgehead atoms. The SMILES string of the molecule is O=C(O)C1(c2cc(-c3nc(C=N[PH](c4ccccc4)(c4ccccc4)c4ccccc4)co3)ccc2OC(F)F)CC1. The number of alkyl halides is 2. The topological polar surface area (TPSA) is 84.9 Å². The first-order valence-electron chi connectivity index (χ1n) is 13.4. The first kappa shape index (κ1) is 27.5. The molecule has 1 aliphatic rings. The molecule has 9 heteroatoms. The zero-order valence-electron chi connectivity index (χ0n) is 22.4. The van der Waals surface area contributed by atoms with Gasteiger partial charge < -0.3 is 0 Å². The molecule has 1 saturated carbocycles. The minimum atomic E-state index is -3.08. The van der Waals surface area contributed by atoms with Gasteiger partial charge in [-0.25, -0.2) is 0 Å². The summed E-state index contributed by atoms with van der Waals surface area (Å²) in [6, 6.07) is 35.0. The fourth-order valence-electron chi connectivity index (χ4n) is 5.36. The number of benzene rings is 4. The molecule has 0 saturated heterocycles. The van der Waals surface area contributed by atoms with Crippen molar-refractivity contribution in [3.63, 3.8) is 0 Å². The molecule has 42 heavy (non-hydrogen) atoms. The van der Waals surface area contributed by atoms with E-state index >= 15 is 0 Å². The van der Waals surface area contributed by atoms with Crippen molar-refractivity contribution in [2.45, 2.75) is 24.9 Å². The van der Waals surface area contributed by atoms with Crippen LogP contribution in [0.15, 0.2) is 125 Å². The number of rotatable bonds is 10. The van der Waals surface area contributed by atoms with Crippen LogP contribution in [0.5, 0.6) is 5.75 Å². The molecule has 0 radical (unpaired) electrons. The second kappa shape index (κ2) is 11.3. The molecule has 1 aliphatic carbocycles. The van der Waals surface area contributed by atoms with Crippen LogP contribution in [0.3, 0.4) is 0 Å². The Balaban J connectivity index is 1.42. The van der Waals surface area contributed by atoms with Gasteiger partial charge in [0.2, 0.25) is 0 Å². The van der Waals surface area contributed by atoms with Crippen LogP contribution >= 0.6 is 7.41 Å². The van der Waals surface area contributed by atoms with Crippen molar-refractivity contribution in [3.8, 4) is 17.2 Å². The Bertz CT molecular complexity index is 1630. The van der Waals surface area contributed by atoms with Crippen molar-refractivity contribution in [1.82, 2.24) is 4.98 Å². The monoisotopic (exact) mass is 584 g/mol. The van der Waals surface area contributed by atoms with Crippen molar-refractivity contribution >= 4 is 35.5 Å². The molecule has 1 N–H and O–H groups in total. The molecule has 6 rings (SSSR count). The number of aromatic nitrogens is 1. The first-order chi connectivity index (χ1) is 20.4. The molecule has 1 heterocycles. The van der Waals surface area contributed by atoms with Gasteiger partial charge in [0.15, 0.2) is 0 Å². The van der Waals surface area contributed by atoms with Gasteiger partial charge in [0, 0.05) is 0 Å². The van der Waals surface area contributed by atoms with E-state index in [1.807, 2.05) is 54.6 Å². The predicted molar refractivity (Wildman–Crippen MR) is 161 cm³/mol. The average Bonchev–Trinajstić information content (AvgIpc) is 3.70. The molecule has 0 atom stereocenters. The van der Waals surface area contributed by atoms with Crippen LogP contribution in [0.2, 0.25) is 0 Å². The number of oxazole rings is 1. The molecule has 212 valence electrons. The van der Waals surface area contributed by atoms with Gasteiger partial charge in [0.05, 0.1) is 0 Å². The number of hydrogen-bond donors (Lipinski definition) is 1. The molecular formula is C33H27F2N2O4P. The van der Waals surface area contributed by atoms with Crippen LogP contribution in [0.25, 0.3) is 11.5 Å². The predicted octanol–water partition coefficient (Wildman–Crippen LogP) is 6.12. The van der Waals surface area contributed by atoms with Crippen molar-refractivity contribution in [3.05, 3.63) is 127 Å². The van der Waals surface area contributed by atoms with Crippen LogP contribution < -0.4 is 20.7 Å². The number of nitrogens with zero attached hydrogens (tertiary/aromatic N) is 2. The van der Waals surface area contributed by atoms with Gasteiger partial charge in [-0.2, -0.15) is 0 Å². The Morgan fingerprint density at radius 3 is 1.93 bits per heavy atom. The third kappa shape index (κ3) is 5.10. The summed E-state index contributed by atoms with van der Waals surface area (Å²) in [6.45, 7) is -3.08. The van der Waals surface area contributed by atoms with E-state index in [1.54, 1.807) is 6.21 Å². The molecule has 6 nitrogen and oxygen atoms in total. The van der Waals surface area contributed by atoms with Gasteiger partial charge in [-0.05, 0) is 0 Å². The van der Waals surface area contributed by atoms with E-state index < -0.39 is 25.4 Å². The van der Waals surface area contributed by atoms with Crippen LogP contribution in [0.1, 0.15) is 24.1 Å². The number of carboxylic acids is 1. The Morgan fingerprint density at radius 2 is 1.45 bits per heavy atom. The van der Waals surface area contributed by atoms with Crippen LogP contribution in [0, 0.1) is 0 Å². The standard InChI is InChI=1S/C33H27F2N2O4P/c34-32(35)41-29-17-16-23(20-28(29)33(18-19-33)31(38)39)30-37-24(22-40-30)21-36-42(25-10-4-1-5-11-25,26-12-6-2-7-13-26)27-14-8-3-9-15-27/h1-17,20-22,32,42H,18-19H2,(H,38,39). The Morgan fingerprint density at radius 1 is 0.905 bits per heavy atom. The number of halogens is 2. The number of carbonyl (C=O) groups is 1.